The van der Waals surface area contributed by atoms with Gasteiger partial charge in [-0.2, -0.15) is 0 Å². The molecule has 0 aromatic carbocycles. The van der Waals surface area contributed by atoms with Crippen LogP contribution in [0.4, 0.5) is 8.78 Å². The SMILES string of the molecule is COC(=O)C1(CN)CC2C(C1)C2(F)F. The molecule has 0 bridgehead atoms. The van der Waals surface area contributed by atoms with Gasteiger partial charge in [-0.25, -0.2) is 8.78 Å². The van der Waals surface area contributed by atoms with Crippen molar-refractivity contribution in [2.45, 2.75) is 18.8 Å². The Balaban J connectivity index is 2.11. The van der Waals surface area contributed by atoms with Gasteiger partial charge in [0, 0.05) is 18.4 Å². The van der Waals surface area contributed by atoms with Crippen LogP contribution in [0.5, 0.6) is 0 Å². The molecule has 0 radical (unpaired) electrons. The number of alkyl halides is 2. The Bertz CT molecular complexity index is 266. The average Bonchev–Trinajstić information content (AvgIpc) is 2.58. The largest absolute Gasteiger partial charge is 0.469 e. The molecular weight excluding hydrogens is 192 g/mol. The molecule has 0 amide bonds. The smallest absolute Gasteiger partial charge is 0.313 e. The minimum atomic E-state index is -2.56. The summed E-state index contributed by atoms with van der Waals surface area (Å²) in [7, 11) is 1.27. The van der Waals surface area contributed by atoms with Crippen molar-refractivity contribution in [1.29, 1.82) is 0 Å². The van der Waals surface area contributed by atoms with E-state index in [0.29, 0.717) is 0 Å². The van der Waals surface area contributed by atoms with Gasteiger partial charge in [0.2, 0.25) is 0 Å². The monoisotopic (exact) mass is 205 g/mol. The lowest BCUT2D eigenvalue weighted by molar-refractivity contribution is -0.153. The predicted molar refractivity (Wildman–Crippen MR) is 44.7 cm³/mol. The second-order valence-corrected chi connectivity index (χ2v) is 4.27. The van der Waals surface area contributed by atoms with Crippen LogP contribution < -0.4 is 5.73 Å². The summed E-state index contributed by atoms with van der Waals surface area (Å²) in [5.74, 6) is -4.30. The van der Waals surface area contributed by atoms with Crippen molar-refractivity contribution in [2.24, 2.45) is 23.0 Å². The summed E-state index contributed by atoms with van der Waals surface area (Å²) >= 11 is 0. The first-order valence-corrected chi connectivity index (χ1v) is 4.64. The number of fused-ring (bicyclic) bond motifs is 1. The molecule has 2 unspecified atom stereocenters. The summed E-state index contributed by atoms with van der Waals surface area (Å²) in [6.45, 7) is 0.1000. The Morgan fingerprint density at radius 1 is 1.50 bits per heavy atom. The van der Waals surface area contributed by atoms with Crippen LogP contribution in [0.15, 0.2) is 0 Å². The minimum absolute atomic E-state index is 0.1000. The van der Waals surface area contributed by atoms with Gasteiger partial charge in [-0.15, -0.1) is 0 Å². The summed E-state index contributed by atoms with van der Waals surface area (Å²) in [4.78, 5) is 11.4. The molecule has 2 saturated carbocycles. The fraction of sp³-hybridized carbons (Fsp3) is 0.889. The average molecular weight is 205 g/mol. The lowest BCUT2D eigenvalue weighted by Gasteiger charge is -2.26. The van der Waals surface area contributed by atoms with Crippen LogP contribution in [-0.4, -0.2) is 25.5 Å². The van der Waals surface area contributed by atoms with E-state index in [0.717, 1.165) is 0 Å². The van der Waals surface area contributed by atoms with E-state index in [2.05, 4.69) is 4.74 Å². The molecule has 0 aromatic rings. The quantitative estimate of drug-likeness (QED) is 0.678. The number of halogens is 2. The molecule has 0 aliphatic heterocycles. The van der Waals surface area contributed by atoms with E-state index in [-0.39, 0.29) is 19.4 Å². The topological polar surface area (TPSA) is 52.3 Å². The van der Waals surface area contributed by atoms with Gasteiger partial charge in [0.1, 0.15) is 0 Å². The third-order valence-electron chi connectivity index (χ3n) is 3.60. The molecule has 3 nitrogen and oxygen atoms in total. The number of methoxy groups -OCH3 is 1. The Morgan fingerprint density at radius 2 is 2.00 bits per heavy atom. The first-order valence-electron chi connectivity index (χ1n) is 4.64. The summed E-state index contributed by atoms with van der Waals surface area (Å²) in [6.07, 6.45) is 0.349. The number of hydrogen-bond acceptors (Lipinski definition) is 3. The molecule has 2 aliphatic rings. The zero-order valence-corrected chi connectivity index (χ0v) is 7.93. The van der Waals surface area contributed by atoms with E-state index in [9.17, 15) is 13.6 Å². The molecule has 2 N–H and O–H groups in total. The fourth-order valence-corrected chi connectivity index (χ4v) is 2.58. The first kappa shape index (κ1) is 9.83. The van der Waals surface area contributed by atoms with Gasteiger partial charge in [0.25, 0.3) is 5.92 Å². The molecule has 0 saturated heterocycles. The standard InChI is InChI=1S/C9H13F2NO2/c1-14-7(13)8(4-12)2-5-6(3-8)9(5,10)11/h5-6H,2-4,12H2,1H3. The van der Waals surface area contributed by atoms with E-state index in [1.54, 1.807) is 0 Å². The number of ether oxygens (including phenoxy) is 1. The highest BCUT2D eigenvalue weighted by molar-refractivity contribution is 5.78. The van der Waals surface area contributed by atoms with Crippen LogP contribution in [0, 0.1) is 17.3 Å². The number of carbonyl (C=O) groups excluding carboxylic acids is 1. The van der Waals surface area contributed by atoms with Crippen LogP contribution in [0.1, 0.15) is 12.8 Å². The maximum atomic E-state index is 12.9. The Labute approximate surface area is 80.6 Å². The number of hydrogen-bond donors (Lipinski definition) is 1. The Morgan fingerprint density at radius 3 is 2.36 bits per heavy atom. The van der Waals surface area contributed by atoms with Gasteiger partial charge >= 0.3 is 5.97 Å². The van der Waals surface area contributed by atoms with Crippen LogP contribution >= 0.6 is 0 Å². The van der Waals surface area contributed by atoms with Gasteiger partial charge < -0.3 is 10.5 Å². The maximum absolute atomic E-state index is 12.9. The molecule has 14 heavy (non-hydrogen) atoms. The Hall–Kier alpha value is -0.710. The molecular formula is C9H13F2NO2. The molecule has 0 heterocycles. The predicted octanol–water partition coefficient (Wildman–Crippen LogP) is 0.780. The van der Waals surface area contributed by atoms with E-state index in [1.807, 2.05) is 0 Å². The molecule has 2 atom stereocenters. The van der Waals surface area contributed by atoms with Gasteiger partial charge in [0.05, 0.1) is 12.5 Å². The van der Waals surface area contributed by atoms with Crippen molar-refractivity contribution in [1.82, 2.24) is 0 Å². The second kappa shape index (κ2) is 2.66. The molecule has 0 aromatic heterocycles. The van der Waals surface area contributed by atoms with Crippen molar-refractivity contribution in [3.8, 4) is 0 Å². The van der Waals surface area contributed by atoms with Gasteiger partial charge in [-0.1, -0.05) is 0 Å². The summed E-state index contributed by atoms with van der Waals surface area (Å²) < 4.78 is 30.4. The van der Waals surface area contributed by atoms with Gasteiger partial charge in [0.15, 0.2) is 0 Å². The molecule has 2 aliphatic carbocycles. The van der Waals surface area contributed by atoms with Crippen LogP contribution in [0.25, 0.3) is 0 Å². The third-order valence-corrected chi connectivity index (χ3v) is 3.60. The highest BCUT2D eigenvalue weighted by Crippen LogP contribution is 2.69. The van der Waals surface area contributed by atoms with Gasteiger partial charge in [-0.3, -0.25) is 4.79 Å². The minimum Gasteiger partial charge on any atom is -0.469 e. The van der Waals surface area contributed by atoms with Crippen LogP contribution in [0.2, 0.25) is 0 Å². The van der Waals surface area contributed by atoms with Crippen LogP contribution in [-0.2, 0) is 9.53 Å². The van der Waals surface area contributed by atoms with E-state index in [4.69, 9.17) is 5.73 Å². The van der Waals surface area contributed by atoms with E-state index in [1.165, 1.54) is 7.11 Å². The second-order valence-electron chi connectivity index (χ2n) is 4.27. The summed E-state index contributed by atoms with van der Waals surface area (Å²) in [5, 5.41) is 0. The zero-order chi connectivity index (χ0) is 10.6. The fourth-order valence-electron chi connectivity index (χ4n) is 2.58. The number of rotatable bonds is 2. The molecule has 0 spiro atoms. The van der Waals surface area contributed by atoms with Gasteiger partial charge in [-0.05, 0) is 12.8 Å². The highest BCUT2D eigenvalue weighted by atomic mass is 19.3. The third kappa shape index (κ3) is 1.02. The van der Waals surface area contributed by atoms with E-state index < -0.39 is 29.1 Å². The van der Waals surface area contributed by atoms with Crippen molar-refractivity contribution in [3.63, 3.8) is 0 Å². The first-order chi connectivity index (χ1) is 6.48. The number of esters is 1. The highest BCUT2D eigenvalue weighted by Gasteiger charge is 2.75. The lowest BCUT2D eigenvalue weighted by Crippen LogP contribution is -2.39. The van der Waals surface area contributed by atoms with Crippen molar-refractivity contribution >= 4 is 5.97 Å². The molecule has 2 fully saturated rings. The van der Waals surface area contributed by atoms with Crippen molar-refractivity contribution in [2.75, 3.05) is 13.7 Å². The van der Waals surface area contributed by atoms with Crippen molar-refractivity contribution < 1.29 is 18.3 Å². The normalized spacial score (nSPS) is 43.1. The number of nitrogens with two attached hydrogens (primary N) is 1. The lowest BCUT2D eigenvalue weighted by atomic mass is 9.82. The zero-order valence-electron chi connectivity index (χ0n) is 7.93. The maximum Gasteiger partial charge on any atom is 0.313 e. The molecule has 5 heteroatoms. The molecule has 2 rings (SSSR count). The van der Waals surface area contributed by atoms with E-state index >= 15 is 0 Å². The molecule has 80 valence electrons. The van der Waals surface area contributed by atoms with Crippen molar-refractivity contribution in [3.05, 3.63) is 0 Å². The number of carbonyl (C=O) groups is 1. The summed E-state index contributed by atoms with van der Waals surface area (Å²) in [6, 6.07) is 0. The van der Waals surface area contributed by atoms with Crippen LogP contribution in [0.3, 0.4) is 0 Å². The Kier molecular flexibility index (Phi) is 1.86. The summed E-state index contributed by atoms with van der Waals surface area (Å²) in [5.41, 5.74) is 4.63.